The fraction of sp³-hybridized carbons (Fsp3) is 0.250. The van der Waals surface area contributed by atoms with E-state index in [4.69, 9.17) is 14.6 Å². The average molecular weight is 454 g/mol. The lowest BCUT2D eigenvalue weighted by Gasteiger charge is -2.16. The zero-order valence-corrected chi connectivity index (χ0v) is 18.5. The highest BCUT2D eigenvalue weighted by Crippen LogP contribution is 2.34. The van der Waals surface area contributed by atoms with E-state index >= 15 is 0 Å². The van der Waals surface area contributed by atoms with Crippen molar-refractivity contribution in [2.75, 3.05) is 6.16 Å². The highest BCUT2D eigenvalue weighted by Gasteiger charge is 2.25. The van der Waals surface area contributed by atoms with Crippen LogP contribution in [0.15, 0.2) is 48.5 Å². The van der Waals surface area contributed by atoms with Gasteiger partial charge < -0.3 is 10.2 Å². The Morgan fingerprint density at radius 1 is 1.19 bits per heavy atom. The van der Waals surface area contributed by atoms with Gasteiger partial charge in [0.05, 0.1) is 23.2 Å². The van der Waals surface area contributed by atoms with Crippen LogP contribution in [0, 0.1) is 17.8 Å². The molecule has 2 aromatic carbocycles. The molecular weight excluding hydrogens is 432 g/mol. The Balaban J connectivity index is 2.05. The number of hydrogen-bond acceptors (Lipinski definition) is 5. The average Bonchev–Trinajstić information content (AvgIpc) is 2.72. The molecule has 0 aliphatic carbocycles. The Morgan fingerprint density at radius 3 is 2.53 bits per heavy atom. The maximum atomic E-state index is 13.5. The van der Waals surface area contributed by atoms with Gasteiger partial charge in [-0.25, -0.2) is 9.37 Å². The molecule has 0 fully saturated rings. The number of halogens is 1. The molecule has 1 aromatic heterocycles. The number of para-hydroxylation sites is 1. The summed E-state index contributed by atoms with van der Waals surface area (Å²) in [5.41, 5.74) is 3.48. The molecule has 2 atom stereocenters. The summed E-state index contributed by atoms with van der Waals surface area (Å²) in [6.07, 6.45) is 0.277. The molecule has 0 aliphatic heterocycles. The number of nitrogens with zero attached hydrogens (tertiary/aromatic N) is 1. The van der Waals surface area contributed by atoms with Gasteiger partial charge in [0.15, 0.2) is 6.11 Å². The van der Waals surface area contributed by atoms with Crippen LogP contribution in [0.5, 0.6) is 0 Å². The van der Waals surface area contributed by atoms with Crippen molar-refractivity contribution < 1.29 is 28.5 Å². The molecule has 0 amide bonds. The third kappa shape index (κ3) is 5.67. The number of carboxylic acids is 1. The lowest BCUT2D eigenvalue weighted by Crippen LogP contribution is -2.15. The fourth-order valence-electron chi connectivity index (χ4n) is 3.38. The predicted molar refractivity (Wildman–Crippen MR) is 120 cm³/mol. The van der Waals surface area contributed by atoms with Crippen molar-refractivity contribution in [1.29, 1.82) is 0 Å². The second-order valence-corrected chi connectivity index (χ2v) is 8.73. The number of rotatable bonds is 7. The lowest BCUT2D eigenvalue weighted by molar-refractivity contribution is -0.138. The largest absolute Gasteiger partial charge is 0.567 e. The minimum absolute atomic E-state index is 0.0672. The van der Waals surface area contributed by atoms with Gasteiger partial charge in [-0.1, -0.05) is 32.0 Å². The second-order valence-electron chi connectivity index (χ2n) is 7.51. The number of fused-ring (bicyclic) bond motifs is 1. The highest BCUT2D eigenvalue weighted by atomic mass is 31.1. The molecule has 2 N–H and O–H groups in total. The molecule has 0 spiro atoms. The zero-order valence-electron chi connectivity index (χ0n) is 17.6. The SMILES string of the molecule is CC(C)c1c(C#CO[P+](=O)C[C@@H](O)CC(=O)O)c(-c2ccc(F)cc2)nc2ccccc12. The van der Waals surface area contributed by atoms with Gasteiger partial charge in [0, 0.05) is 10.9 Å². The van der Waals surface area contributed by atoms with Crippen LogP contribution in [-0.4, -0.2) is 33.4 Å². The third-order valence-corrected chi connectivity index (χ3v) is 5.74. The summed E-state index contributed by atoms with van der Waals surface area (Å²) in [6, 6.07) is 13.5. The molecular formula is C24H22FNO5P+. The molecule has 164 valence electrons. The Labute approximate surface area is 185 Å². The van der Waals surface area contributed by atoms with Gasteiger partial charge in [-0.05, 0) is 52.3 Å². The van der Waals surface area contributed by atoms with Crippen LogP contribution in [0.4, 0.5) is 4.39 Å². The Hall–Kier alpha value is -3.33. The molecule has 6 nitrogen and oxygen atoms in total. The topological polar surface area (TPSA) is 96.7 Å². The molecule has 3 rings (SSSR count). The highest BCUT2D eigenvalue weighted by molar-refractivity contribution is 7.39. The first-order valence-corrected chi connectivity index (χ1v) is 11.3. The van der Waals surface area contributed by atoms with Crippen LogP contribution in [-0.2, 0) is 13.9 Å². The van der Waals surface area contributed by atoms with Crippen LogP contribution in [0.1, 0.15) is 37.3 Å². The number of aliphatic carboxylic acids is 1. The summed E-state index contributed by atoms with van der Waals surface area (Å²) in [4.78, 5) is 15.4. The van der Waals surface area contributed by atoms with E-state index < -0.39 is 26.5 Å². The molecule has 3 aromatic rings. The van der Waals surface area contributed by atoms with Gasteiger partial charge in [0.1, 0.15) is 11.9 Å². The van der Waals surface area contributed by atoms with E-state index in [0.29, 0.717) is 16.8 Å². The van der Waals surface area contributed by atoms with E-state index in [-0.39, 0.29) is 17.9 Å². The van der Waals surface area contributed by atoms with Crippen molar-refractivity contribution in [1.82, 2.24) is 4.98 Å². The molecule has 0 radical (unpaired) electrons. The Kier molecular flexibility index (Phi) is 7.53. The quantitative estimate of drug-likeness (QED) is 0.382. The van der Waals surface area contributed by atoms with Crippen LogP contribution < -0.4 is 0 Å². The summed E-state index contributed by atoms with van der Waals surface area (Å²) in [7, 11) is -2.38. The fourth-order valence-corrected chi connectivity index (χ4v) is 4.08. The number of hydrogen-bond donors (Lipinski definition) is 2. The van der Waals surface area contributed by atoms with Gasteiger partial charge in [-0.15, -0.1) is 0 Å². The van der Waals surface area contributed by atoms with Crippen molar-refractivity contribution in [3.63, 3.8) is 0 Å². The summed E-state index contributed by atoms with van der Waals surface area (Å²) >= 11 is 0. The van der Waals surface area contributed by atoms with Crippen molar-refractivity contribution in [3.05, 3.63) is 65.5 Å². The van der Waals surface area contributed by atoms with E-state index in [1.165, 1.54) is 12.1 Å². The standard InChI is InChI=1S/C24H21FNO5P/c1-15(2)23-19-5-3-4-6-21(19)26-24(16-7-9-17(25)10-8-16)20(23)11-12-31-32(30)14-18(27)13-22(28)29/h3-10,15,18,27H,13-14H2,1-2H3/p+1/t18-/m0/s1. The van der Waals surface area contributed by atoms with Crippen molar-refractivity contribution in [2.45, 2.75) is 32.3 Å². The van der Waals surface area contributed by atoms with E-state index in [9.17, 15) is 18.9 Å². The Morgan fingerprint density at radius 2 is 1.88 bits per heavy atom. The zero-order chi connectivity index (χ0) is 23.3. The molecule has 0 saturated heterocycles. The monoisotopic (exact) mass is 454 g/mol. The number of carboxylic acid groups (broad SMARTS) is 1. The first-order valence-electron chi connectivity index (χ1n) is 9.97. The van der Waals surface area contributed by atoms with Gasteiger partial charge in [-0.3, -0.25) is 4.79 Å². The minimum Gasteiger partial charge on any atom is -0.481 e. The molecule has 8 heteroatoms. The van der Waals surface area contributed by atoms with E-state index in [0.717, 1.165) is 16.5 Å². The van der Waals surface area contributed by atoms with Crippen molar-refractivity contribution >= 4 is 24.9 Å². The summed E-state index contributed by atoms with van der Waals surface area (Å²) in [5, 5.41) is 19.2. The molecule has 0 aliphatic rings. The smallest absolute Gasteiger partial charge is 0.481 e. The van der Waals surface area contributed by atoms with Crippen LogP contribution >= 0.6 is 8.03 Å². The first kappa shape index (κ1) is 23.3. The molecule has 1 heterocycles. The number of aliphatic hydroxyl groups is 1. The summed E-state index contributed by atoms with van der Waals surface area (Å²) in [6.45, 7) is 4.04. The number of benzene rings is 2. The molecule has 32 heavy (non-hydrogen) atoms. The van der Waals surface area contributed by atoms with Crippen LogP contribution in [0.2, 0.25) is 0 Å². The van der Waals surface area contributed by atoms with Gasteiger partial charge in [-0.2, -0.15) is 4.52 Å². The van der Waals surface area contributed by atoms with E-state index in [2.05, 4.69) is 12.0 Å². The van der Waals surface area contributed by atoms with Crippen LogP contribution in [0.25, 0.3) is 22.2 Å². The van der Waals surface area contributed by atoms with Crippen molar-refractivity contribution in [3.8, 4) is 23.3 Å². The van der Waals surface area contributed by atoms with Crippen LogP contribution in [0.3, 0.4) is 0 Å². The number of aliphatic hydroxyl groups excluding tert-OH is 1. The van der Waals surface area contributed by atoms with E-state index in [1.54, 1.807) is 12.1 Å². The summed E-state index contributed by atoms with van der Waals surface area (Å²) < 4.78 is 30.6. The Bertz CT molecular complexity index is 1210. The number of carbonyl (C=O) groups is 1. The summed E-state index contributed by atoms with van der Waals surface area (Å²) in [5.74, 6) is 1.41. The van der Waals surface area contributed by atoms with Gasteiger partial charge in [0.25, 0.3) is 0 Å². The lowest BCUT2D eigenvalue weighted by atomic mass is 9.90. The van der Waals surface area contributed by atoms with E-state index in [1.807, 2.05) is 38.1 Å². The normalized spacial score (nSPS) is 12.2. The second kappa shape index (κ2) is 10.3. The minimum atomic E-state index is -2.38. The van der Waals surface area contributed by atoms with Gasteiger partial charge >= 0.3 is 14.0 Å². The molecule has 1 unspecified atom stereocenters. The predicted octanol–water partition coefficient (Wildman–Crippen LogP) is 5.07. The number of aromatic nitrogens is 1. The first-order chi connectivity index (χ1) is 15.3. The number of pyridine rings is 1. The third-order valence-electron chi connectivity index (χ3n) is 4.72. The maximum absolute atomic E-state index is 13.5. The molecule has 0 saturated carbocycles. The van der Waals surface area contributed by atoms with Crippen molar-refractivity contribution in [2.24, 2.45) is 0 Å². The molecule has 0 bridgehead atoms. The van der Waals surface area contributed by atoms with Gasteiger partial charge in [0.2, 0.25) is 6.16 Å². The maximum Gasteiger partial charge on any atom is 0.567 e.